The van der Waals surface area contributed by atoms with E-state index in [0.29, 0.717) is 30.7 Å². The van der Waals surface area contributed by atoms with Crippen molar-refractivity contribution in [2.24, 2.45) is 11.3 Å². The average molecular weight is 494 g/mol. The van der Waals surface area contributed by atoms with Crippen molar-refractivity contribution in [2.75, 3.05) is 38.2 Å². The Morgan fingerprint density at radius 3 is 2.66 bits per heavy atom. The van der Waals surface area contributed by atoms with Gasteiger partial charge in [0.2, 0.25) is 0 Å². The molecule has 0 atom stereocenters. The first-order valence-corrected chi connectivity index (χ1v) is 13.6. The molecule has 6 nitrogen and oxygen atoms in total. The second-order valence-corrected chi connectivity index (χ2v) is 11.0. The summed E-state index contributed by atoms with van der Waals surface area (Å²) in [6.45, 7) is 4.43. The van der Waals surface area contributed by atoms with Gasteiger partial charge in [-0.15, -0.1) is 0 Å². The summed E-state index contributed by atoms with van der Waals surface area (Å²) in [4.78, 5) is 12.2. The summed E-state index contributed by atoms with van der Waals surface area (Å²) in [7, 11) is 0. The summed E-state index contributed by atoms with van der Waals surface area (Å²) < 4.78 is 5.45. The van der Waals surface area contributed by atoms with Gasteiger partial charge in [-0.3, -0.25) is 4.98 Å². The zero-order chi connectivity index (χ0) is 24.1. The number of nitriles is 1. The lowest BCUT2D eigenvalue weighted by atomic mass is 9.82. The Labute approximate surface area is 214 Å². The van der Waals surface area contributed by atoms with Gasteiger partial charge in [0.1, 0.15) is 5.82 Å². The van der Waals surface area contributed by atoms with Crippen LogP contribution in [-0.4, -0.2) is 53.8 Å². The molecule has 7 heteroatoms. The number of anilines is 1. The summed E-state index contributed by atoms with van der Waals surface area (Å²) in [5.74, 6) is 1.45. The smallest absolute Gasteiger partial charge is 0.126 e. The Balaban J connectivity index is 1.23. The predicted octanol–water partition coefficient (Wildman–Crippen LogP) is 5.73. The van der Waals surface area contributed by atoms with Crippen molar-refractivity contribution in [1.82, 2.24) is 14.9 Å². The van der Waals surface area contributed by atoms with Crippen LogP contribution in [0.1, 0.15) is 57.1 Å². The van der Waals surface area contributed by atoms with Crippen molar-refractivity contribution in [2.45, 2.75) is 63.8 Å². The number of ether oxygens (including phenoxy) is 1. The molecule has 3 fully saturated rings. The summed E-state index contributed by atoms with van der Waals surface area (Å²) in [5.41, 5.74) is 2.46. The van der Waals surface area contributed by atoms with Crippen LogP contribution < -0.4 is 5.32 Å². The van der Waals surface area contributed by atoms with E-state index in [1.807, 2.05) is 18.2 Å². The van der Waals surface area contributed by atoms with E-state index in [1.54, 1.807) is 6.20 Å². The normalized spacial score (nSPS) is 24.7. The number of rotatable bonds is 7. The van der Waals surface area contributed by atoms with Crippen LogP contribution in [0.3, 0.4) is 0 Å². The number of likely N-dealkylation sites (tertiary alicyclic amines) is 1. The minimum absolute atomic E-state index is 0.398. The molecule has 0 aromatic carbocycles. The number of nitrogens with one attached hydrogen (secondary N) is 1. The van der Waals surface area contributed by atoms with Gasteiger partial charge >= 0.3 is 0 Å². The summed E-state index contributed by atoms with van der Waals surface area (Å²) >= 11 is 6.58. The molecule has 1 aliphatic carbocycles. The molecule has 1 saturated carbocycles. The summed E-state index contributed by atoms with van der Waals surface area (Å²) in [5, 5.41) is 13.7. The van der Waals surface area contributed by atoms with Crippen molar-refractivity contribution in [3.05, 3.63) is 41.2 Å². The summed E-state index contributed by atoms with van der Waals surface area (Å²) in [6, 6.07) is 11.4. The maximum Gasteiger partial charge on any atom is 0.126 e. The second-order valence-electron chi connectivity index (χ2n) is 10.5. The molecule has 2 aliphatic heterocycles. The van der Waals surface area contributed by atoms with Gasteiger partial charge in [0.15, 0.2) is 0 Å². The van der Waals surface area contributed by atoms with Crippen LogP contribution in [0.5, 0.6) is 0 Å². The number of aromatic nitrogens is 2. The van der Waals surface area contributed by atoms with Crippen LogP contribution in [0.25, 0.3) is 11.3 Å². The Morgan fingerprint density at radius 1 is 1.14 bits per heavy atom. The Hall–Kier alpha value is -2.20. The fraction of sp³-hybridized carbons (Fsp3) is 0.607. The molecule has 2 aromatic heterocycles. The molecule has 5 rings (SSSR count). The molecular weight excluding hydrogens is 458 g/mol. The van der Waals surface area contributed by atoms with E-state index in [2.05, 4.69) is 27.3 Å². The molecule has 0 unspecified atom stereocenters. The molecule has 0 amide bonds. The molecule has 4 heterocycles. The van der Waals surface area contributed by atoms with E-state index in [1.165, 1.54) is 51.6 Å². The predicted molar refractivity (Wildman–Crippen MR) is 139 cm³/mol. The van der Waals surface area contributed by atoms with Gasteiger partial charge in [0, 0.05) is 43.3 Å². The molecule has 2 aromatic rings. The molecule has 3 aliphatic rings. The molecule has 0 spiro atoms. The van der Waals surface area contributed by atoms with Crippen LogP contribution in [-0.2, 0) is 11.2 Å². The van der Waals surface area contributed by atoms with E-state index < -0.39 is 5.41 Å². The molecule has 1 N–H and O–H groups in total. The van der Waals surface area contributed by atoms with Crippen molar-refractivity contribution in [1.29, 1.82) is 5.26 Å². The first-order chi connectivity index (χ1) is 17.1. The van der Waals surface area contributed by atoms with E-state index >= 15 is 0 Å². The highest BCUT2D eigenvalue weighted by Crippen LogP contribution is 2.34. The fourth-order valence-electron chi connectivity index (χ4n) is 5.94. The Bertz CT molecular complexity index is 1030. The first-order valence-electron chi connectivity index (χ1n) is 13.2. The number of pyridine rings is 2. The lowest BCUT2D eigenvalue weighted by Gasteiger charge is -2.34. The SMILES string of the molecule is N#CC1(CNc2cccc(-c3cc(CC4CCC(N5CCCC5)CC4)ncc3Cl)n2)CCOCC1. The van der Waals surface area contributed by atoms with Crippen molar-refractivity contribution in [3.8, 4) is 17.3 Å². The Kier molecular flexibility index (Phi) is 7.87. The standard InChI is InChI=1S/C28H36ClN5O/c29-25-18-31-22(16-21-6-8-23(9-7-21)34-12-1-2-13-34)17-24(25)26-4-3-5-27(33-26)32-20-28(19-30)10-14-35-15-11-28/h3-5,17-18,21,23H,1-2,6-16,20H2,(H,32,33). The highest BCUT2D eigenvalue weighted by Gasteiger charge is 2.32. The fourth-order valence-corrected chi connectivity index (χ4v) is 6.14. The number of hydrogen-bond acceptors (Lipinski definition) is 6. The molecule has 2 saturated heterocycles. The molecule has 0 bridgehead atoms. The van der Waals surface area contributed by atoms with Gasteiger partial charge < -0.3 is 15.0 Å². The molecule has 35 heavy (non-hydrogen) atoms. The molecular formula is C28H36ClN5O. The highest BCUT2D eigenvalue weighted by atomic mass is 35.5. The van der Waals surface area contributed by atoms with Gasteiger partial charge in [-0.2, -0.15) is 5.26 Å². The number of halogens is 1. The quantitative estimate of drug-likeness (QED) is 0.531. The number of nitrogens with zero attached hydrogens (tertiary/aromatic N) is 4. The van der Waals surface area contributed by atoms with Crippen molar-refractivity contribution < 1.29 is 4.74 Å². The molecule has 186 valence electrons. The van der Waals surface area contributed by atoms with Crippen LogP contribution >= 0.6 is 11.6 Å². The van der Waals surface area contributed by atoms with Gasteiger partial charge in [-0.25, -0.2) is 4.98 Å². The highest BCUT2D eigenvalue weighted by molar-refractivity contribution is 6.33. The third-order valence-corrected chi connectivity index (χ3v) is 8.50. The topological polar surface area (TPSA) is 74.1 Å². The monoisotopic (exact) mass is 493 g/mol. The van der Waals surface area contributed by atoms with Crippen molar-refractivity contribution >= 4 is 17.4 Å². The van der Waals surface area contributed by atoms with E-state index in [-0.39, 0.29) is 0 Å². The zero-order valence-corrected chi connectivity index (χ0v) is 21.3. The van der Waals surface area contributed by atoms with Crippen LogP contribution in [0.4, 0.5) is 5.82 Å². The minimum atomic E-state index is -0.398. The van der Waals surface area contributed by atoms with Crippen LogP contribution in [0.2, 0.25) is 5.02 Å². The maximum atomic E-state index is 9.73. The summed E-state index contributed by atoms with van der Waals surface area (Å²) in [6.07, 6.45) is 12.2. The average Bonchev–Trinajstić information content (AvgIpc) is 3.45. The van der Waals surface area contributed by atoms with E-state index in [9.17, 15) is 5.26 Å². The van der Waals surface area contributed by atoms with Gasteiger partial charge in [-0.1, -0.05) is 17.7 Å². The minimum Gasteiger partial charge on any atom is -0.381 e. The van der Waals surface area contributed by atoms with Gasteiger partial charge in [0.25, 0.3) is 0 Å². The lowest BCUT2D eigenvalue weighted by molar-refractivity contribution is 0.0455. The largest absolute Gasteiger partial charge is 0.381 e. The second kappa shape index (κ2) is 11.2. The Morgan fingerprint density at radius 2 is 1.91 bits per heavy atom. The van der Waals surface area contributed by atoms with Crippen molar-refractivity contribution in [3.63, 3.8) is 0 Å². The third-order valence-electron chi connectivity index (χ3n) is 8.20. The van der Waals surface area contributed by atoms with Crippen LogP contribution in [0.15, 0.2) is 30.5 Å². The third kappa shape index (κ3) is 5.97. The lowest BCUT2D eigenvalue weighted by Crippen LogP contribution is -2.36. The molecule has 0 radical (unpaired) electrons. The number of hydrogen-bond donors (Lipinski definition) is 1. The van der Waals surface area contributed by atoms with Crippen LogP contribution in [0, 0.1) is 22.7 Å². The van der Waals surface area contributed by atoms with E-state index in [4.69, 9.17) is 21.3 Å². The first kappa shape index (κ1) is 24.5. The maximum absolute atomic E-state index is 9.73. The van der Waals surface area contributed by atoms with E-state index in [0.717, 1.165) is 48.1 Å². The van der Waals surface area contributed by atoms with Gasteiger partial charge in [-0.05, 0) is 95.0 Å². The zero-order valence-electron chi connectivity index (χ0n) is 20.5. The van der Waals surface area contributed by atoms with Gasteiger partial charge in [0.05, 0.1) is 22.2 Å².